The molecule has 0 bridgehead atoms. The van der Waals surface area contributed by atoms with E-state index in [1.807, 2.05) is 26.0 Å². The number of hydrogen-bond donors (Lipinski definition) is 1. The minimum absolute atomic E-state index is 0.335. The van der Waals surface area contributed by atoms with E-state index in [2.05, 4.69) is 5.32 Å². The molecule has 0 radical (unpaired) electrons. The number of hydrogen-bond acceptors (Lipinski definition) is 4. The zero-order valence-corrected chi connectivity index (χ0v) is 13.4. The normalized spacial score (nSPS) is 10.0. The van der Waals surface area contributed by atoms with Gasteiger partial charge in [0.05, 0.1) is 12.7 Å². The van der Waals surface area contributed by atoms with Crippen molar-refractivity contribution in [3.63, 3.8) is 0 Å². The van der Waals surface area contributed by atoms with Crippen LogP contribution in [0.4, 0.5) is 5.69 Å². The predicted octanol–water partition coefficient (Wildman–Crippen LogP) is 3.11. The first kappa shape index (κ1) is 16.5. The summed E-state index contributed by atoms with van der Waals surface area (Å²) in [5.74, 6) is -0.204. The third kappa shape index (κ3) is 4.57. The smallest absolute Gasteiger partial charge is 0.338 e. The number of rotatable bonds is 5. The summed E-state index contributed by atoms with van der Waals surface area (Å²) >= 11 is 0. The van der Waals surface area contributed by atoms with Crippen LogP contribution in [-0.4, -0.2) is 25.6 Å². The van der Waals surface area contributed by atoms with E-state index in [1.165, 1.54) is 0 Å². The molecule has 5 nitrogen and oxygen atoms in total. The van der Waals surface area contributed by atoms with Crippen molar-refractivity contribution in [1.29, 1.82) is 0 Å². The summed E-state index contributed by atoms with van der Waals surface area (Å²) in [7, 11) is 1.57. The van der Waals surface area contributed by atoms with E-state index < -0.39 is 11.9 Å². The number of carbonyl (C=O) groups excluding carboxylic acids is 2. The van der Waals surface area contributed by atoms with E-state index >= 15 is 0 Å². The molecule has 0 unspecified atom stereocenters. The van der Waals surface area contributed by atoms with Crippen molar-refractivity contribution in [2.45, 2.75) is 13.8 Å². The molecule has 1 N–H and O–H groups in total. The molecule has 0 aliphatic rings. The monoisotopic (exact) mass is 313 g/mol. The van der Waals surface area contributed by atoms with Gasteiger partial charge in [0, 0.05) is 5.69 Å². The molecule has 1 amide bonds. The van der Waals surface area contributed by atoms with E-state index in [1.54, 1.807) is 37.4 Å². The second-order valence-corrected chi connectivity index (χ2v) is 5.17. The molecule has 0 saturated carbocycles. The molecule has 0 heterocycles. The number of anilines is 1. The van der Waals surface area contributed by atoms with Crippen molar-refractivity contribution in [3.8, 4) is 5.75 Å². The molecule has 23 heavy (non-hydrogen) atoms. The first-order valence-electron chi connectivity index (χ1n) is 7.18. The second kappa shape index (κ2) is 7.45. The summed E-state index contributed by atoms with van der Waals surface area (Å²) < 4.78 is 10.1. The van der Waals surface area contributed by atoms with Gasteiger partial charge in [-0.25, -0.2) is 4.79 Å². The summed E-state index contributed by atoms with van der Waals surface area (Å²) in [4.78, 5) is 23.8. The van der Waals surface area contributed by atoms with Gasteiger partial charge in [0.15, 0.2) is 6.61 Å². The standard InChI is InChI=1S/C18H19NO4/c1-12-4-9-16(13(2)10-12)18(21)23-11-17(20)19-14-5-7-15(22-3)8-6-14/h4-10H,11H2,1-3H3,(H,19,20). The van der Waals surface area contributed by atoms with Gasteiger partial charge >= 0.3 is 5.97 Å². The predicted molar refractivity (Wildman–Crippen MR) is 87.8 cm³/mol. The maximum absolute atomic E-state index is 12.0. The van der Waals surface area contributed by atoms with Crippen molar-refractivity contribution in [3.05, 3.63) is 59.2 Å². The van der Waals surface area contributed by atoms with E-state index in [0.717, 1.165) is 11.1 Å². The van der Waals surface area contributed by atoms with Crippen molar-refractivity contribution >= 4 is 17.6 Å². The number of carbonyl (C=O) groups is 2. The second-order valence-electron chi connectivity index (χ2n) is 5.17. The Labute approximate surface area is 135 Å². The third-order valence-corrected chi connectivity index (χ3v) is 3.31. The van der Waals surface area contributed by atoms with Gasteiger partial charge in [0.1, 0.15) is 5.75 Å². The van der Waals surface area contributed by atoms with Gasteiger partial charge in [-0.1, -0.05) is 17.7 Å². The fourth-order valence-electron chi connectivity index (χ4n) is 2.12. The molecule has 0 spiro atoms. The van der Waals surface area contributed by atoms with Gasteiger partial charge < -0.3 is 14.8 Å². The summed E-state index contributed by atoms with van der Waals surface area (Å²) in [6, 6.07) is 12.3. The van der Waals surface area contributed by atoms with E-state index in [-0.39, 0.29) is 6.61 Å². The average molecular weight is 313 g/mol. The van der Waals surface area contributed by atoms with Crippen molar-refractivity contribution in [2.75, 3.05) is 19.0 Å². The molecule has 0 aromatic heterocycles. The molecule has 0 atom stereocenters. The lowest BCUT2D eigenvalue weighted by atomic mass is 10.1. The Kier molecular flexibility index (Phi) is 5.36. The van der Waals surface area contributed by atoms with E-state index in [0.29, 0.717) is 17.0 Å². The van der Waals surface area contributed by atoms with Crippen molar-refractivity contribution in [1.82, 2.24) is 0 Å². The zero-order valence-electron chi connectivity index (χ0n) is 13.4. The molecule has 2 aromatic rings. The van der Waals surface area contributed by atoms with Crippen LogP contribution in [0.15, 0.2) is 42.5 Å². The Morgan fingerprint density at radius 1 is 1.04 bits per heavy atom. The van der Waals surface area contributed by atoms with E-state index in [4.69, 9.17) is 9.47 Å². The van der Waals surface area contributed by atoms with Gasteiger partial charge in [0.25, 0.3) is 5.91 Å². The lowest BCUT2D eigenvalue weighted by molar-refractivity contribution is -0.119. The van der Waals surface area contributed by atoms with Crippen LogP contribution in [0, 0.1) is 13.8 Å². The van der Waals surface area contributed by atoms with Crippen LogP contribution in [0.3, 0.4) is 0 Å². The molecule has 0 fully saturated rings. The number of methoxy groups -OCH3 is 1. The topological polar surface area (TPSA) is 64.6 Å². The summed E-state index contributed by atoms with van der Waals surface area (Å²) in [6.45, 7) is 3.45. The Bertz CT molecular complexity index is 707. The molecular formula is C18H19NO4. The SMILES string of the molecule is COc1ccc(NC(=O)COC(=O)c2ccc(C)cc2C)cc1. The number of amides is 1. The lowest BCUT2D eigenvalue weighted by Gasteiger charge is -2.09. The highest BCUT2D eigenvalue weighted by molar-refractivity contribution is 5.96. The Hall–Kier alpha value is -2.82. The van der Waals surface area contributed by atoms with Crippen LogP contribution in [0.1, 0.15) is 21.5 Å². The molecule has 5 heteroatoms. The van der Waals surface area contributed by atoms with Crippen LogP contribution in [0.5, 0.6) is 5.75 Å². The highest BCUT2D eigenvalue weighted by Gasteiger charge is 2.12. The average Bonchev–Trinajstić information content (AvgIpc) is 2.53. The van der Waals surface area contributed by atoms with Crippen molar-refractivity contribution < 1.29 is 19.1 Å². The molecule has 120 valence electrons. The fraction of sp³-hybridized carbons (Fsp3) is 0.222. The highest BCUT2D eigenvalue weighted by Crippen LogP contribution is 2.15. The first-order chi connectivity index (χ1) is 11.0. The third-order valence-electron chi connectivity index (χ3n) is 3.31. The maximum atomic E-state index is 12.0. The van der Waals surface area contributed by atoms with Gasteiger partial charge in [-0.15, -0.1) is 0 Å². The molecule has 0 saturated heterocycles. The number of nitrogens with one attached hydrogen (secondary N) is 1. The number of ether oxygens (including phenoxy) is 2. The van der Waals surface area contributed by atoms with Crippen LogP contribution in [0.2, 0.25) is 0 Å². The van der Waals surface area contributed by atoms with Gasteiger partial charge in [-0.05, 0) is 49.7 Å². The lowest BCUT2D eigenvalue weighted by Crippen LogP contribution is -2.21. The minimum Gasteiger partial charge on any atom is -0.497 e. The molecule has 2 aromatic carbocycles. The Balaban J connectivity index is 1.89. The molecular weight excluding hydrogens is 294 g/mol. The highest BCUT2D eigenvalue weighted by atomic mass is 16.5. The zero-order chi connectivity index (χ0) is 16.8. The number of aryl methyl sites for hydroxylation is 2. The summed E-state index contributed by atoms with van der Waals surface area (Å²) in [6.07, 6.45) is 0. The van der Waals surface area contributed by atoms with Gasteiger partial charge in [-0.3, -0.25) is 4.79 Å². The molecule has 0 aliphatic carbocycles. The van der Waals surface area contributed by atoms with Crippen LogP contribution in [0.25, 0.3) is 0 Å². The van der Waals surface area contributed by atoms with Crippen LogP contribution < -0.4 is 10.1 Å². The quantitative estimate of drug-likeness (QED) is 0.861. The number of benzene rings is 2. The van der Waals surface area contributed by atoms with Crippen LogP contribution in [-0.2, 0) is 9.53 Å². The number of esters is 1. The first-order valence-corrected chi connectivity index (χ1v) is 7.18. The Morgan fingerprint density at radius 3 is 2.35 bits per heavy atom. The van der Waals surface area contributed by atoms with Crippen LogP contribution >= 0.6 is 0 Å². The molecule has 2 rings (SSSR count). The minimum atomic E-state index is -0.507. The summed E-state index contributed by atoms with van der Waals surface area (Å²) in [5, 5.41) is 2.65. The fourth-order valence-corrected chi connectivity index (χ4v) is 2.12. The van der Waals surface area contributed by atoms with Crippen molar-refractivity contribution in [2.24, 2.45) is 0 Å². The van der Waals surface area contributed by atoms with E-state index in [9.17, 15) is 9.59 Å². The van der Waals surface area contributed by atoms with Gasteiger partial charge in [0.2, 0.25) is 0 Å². The molecule has 0 aliphatic heterocycles. The Morgan fingerprint density at radius 2 is 1.74 bits per heavy atom. The largest absolute Gasteiger partial charge is 0.497 e. The maximum Gasteiger partial charge on any atom is 0.338 e. The summed E-state index contributed by atoms with van der Waals surface area (Å²) in [5.41, 5.74) is 2.97. The van der Waals surface area contributed by atoms with Gasteiger partial charge in [-0.2, -0.15) is 0 Å².